The molecule has 0 rings (SSSR count). The molecule has 14 heavy (non-hydrogen) atoms. The Kier molecular flexibility index (Phi) is 5.72. The summed E-state index contributed by atoms with van der Waals surface area (Å²) in [6.07, 6.45) is 0.765. The molecule has 0 spiro atoms. The number of hydrogen-bond donors (Lipinski definition) is 3. The summed E-state index contributed by atoms with van der Waals surface area (Å²) < 4.78 is 0. The second-order valence-electron chi connectivity index (χ2n) is 4.71. The van der Waals surface area contributed by atoms with Gasteiger partial charge in [-0.15, -0.1) is 0 Å². The van der Waals surface area contributed by atoms with Crippen molar-refractivity contribution in [1.29, 1.82) is 0 Å². The number of amides is 1. The lowest BCUT2D eigenvalue weighted by Gasteiger charge is -2.24. The van der Waals surface area contributed by atoms with Crippen LogP contribution in [0.25, 0.3) is 0 Å². The van der Waals surface area contributed by atoms with E-state index in [1.807, 2.05) is 0 Å². The van der Waals surface area contributed by atoms with Crippen LogP contribution in [0.3, 0.4) is 0 Å². The van der Waals surface area contributed by atoms with Gasteiger partial charge in [-0.05, 0) is 11.8 Å². The van der Waals surface area contributed by atoms with Crippen molar-refractivity contribution in [1.82, 2.24) is 5.32 Å². The Morgan fingerprint density at radius 2 is 2.07 bits per heavy atom. The lowest BCUT2D eigenvalue weighted by molar-refractivity contribution is -0.125. The van der Waals surface area contributed by atoms with E-state index in [1.165, 1.54) is 0 Å². The third-order valence-corrected chi connectivity index (χ3v) is 1.93. The fourth-order valence-corrected chi connectivity index (χ4v) is 1.35. The fourth-order valence-electron chi connectivity index (χ4n) is 1.35. The molecule has 1 atom stereocenters. The zero-order valence-electron chi connectivity index (χ0n) is 9.34. The molecule has 4 heteroatoms. The van der Waals surface area contributed by atoms with Crippen molar-refractivity contribution in [2.45, 2.75) is 27.2 Å². The van der Waals surface area contributed by atoms with Gasteiger partial charge in [0, 0.05) is 13.1 Å². The molecule has 0 aromatic rings. The number of aliphatic hydroxyl groups excluding tert-OH is 1. The van der Waals surface area contributed by atoms with Crippen LogP contribution in [0.15, 0.2) is 0 Å². The molecule has 84 valence electrons. The monoisotopic (exact) mass is 202 g/mol. The van der Waals surface area contributed by atoms with Crippen molar-refractivity contribution >= 4 is 5.91 Å². The summed E-state index contributed by atoms with van der Waals surface area (Å²) in [5.41, 5.74) is 5.63. The molecule has 4 N–H and O–H groups in total. The molecule has 0 saturated carbocycles. The first-order valence-corrected chi connectivity index (χ1v) is 4.99. The topological polar surface area (TPSA) is 75.4 Å². The number of carbonyl (C=O) groups excluding carboxylic acids is 1. The summed E-state index contributed by atoms with van der Waals surface area (Å²) in [4.78, 5) is 11.5. The van der Waals surface area contributed by atoms with Crippen molar-refractivity contribution in [3.8, 4) is 0 Å². The predicted octanol–water partition coefficient (Wildman–Crippen LogP) is 0.106. The molecule has 0 fully saturated rings. The Morgan fingerprint density at radius 3 is 2.43 bits per heavy atom. The summed E-state index contributed by atoms with van der Waals surface area (Å²) in [6.45, 7) is 6.87. The normalized spacial score (nSPS) is 13.8. The Labute approximate surface area is 85.9 Å². The average molecular weight is 202 g/mol. The maximum Gasteiger partial charge on any atom is 0.224 e. The molecular weight excluding hydrogens is 180 g/mol. The van der Waals surface area contributed by atoms with Crippen molar-refractivity contribution < 1.29 is 9.90 Å². The minimum atomic E-state index is -0.151. The molecule has 0 bridgehead atoms. The number of nitrogens with two attached hydrogens (primary N) is 1. The number of rotatable bonds is 5. The first-order valence-electron chi connectivity index (χ1n) is 4.99. The van der Waals surface area contributed by atoms with Gasteiger partial charge < -0.3 is 16.2 Å². The molecule has 0 aliphatic heterocycles. The van der Waals surface area contributed by atoms with E-state index in [0.717, 1.165) is 6.42 Å². The van der Waals surface area contributed by atoms with Gasteiger partial charge in [-0.1, -0.05) is 20.8 Å². The van der Waals surface area contributed by atoms with Gasteiger partial charge in [-0.3, -0.25) is 4.79 Å². The van der Waals surface area contributed by atoms with Crippen molar-refractivity contribution in [3.63, 3.8) is 0 Å². The minimum Gasteiger partial charge on any atom is -0.395 e. The first kappa shape index (κ1) is 13.4. The van der Waals surface area contributed by atoms with E-state index >= 15 is 0 Å². The van der Waals surface area contributed by atoms with Gasteiger partial charge in [0.25, 0.3) is 0 Å². The first-order chi connectivity index (χ1) is 6.40. The van der Waals surface area contributed by atoms with Crippen molar-refractivity contribution in [3.05, 3.63) is 0 Å². The average Bonchev–Trinajstić information content (AvgIpc) is 2.08. The minimum absolute atomic E-state index is 0.0292. The van der Waals surface area contributed by atoms with E-state index in [4.69, 9.17) is 10.8 Å². The summed E-state index contributed by atoms with van der Waals surface area (Å²) in [7, 11) is 0. The highest BCUT2D eigenvalue weighted by Crippen LogP contribution is 2.23. The maximum atomic E-state index is 11.5. The fraction of sp³-hybridized carbons (Fsp3) is 0.900. The zero-order valence-corrected chi connectivity index (χ0v) is 9.34. The van der Waals surface area contributed by atoms with Crippen LogP contribution in [0.5, 0.6) is 0 Å². The highest BCUT2D eigenvalue weighted by Gasteiger charge is 2.23. The summed E-state index contributed by atoms with van der Waals surface area (Å²) in [5.74, 6) is -0.210. The quantitative estimate of drug-likeness (QED) is 0.592. The predicted molar refractivity (Wildman–Crippen MR) is 56.7 cm³/mol. The molecular formula is C10H22N2O2. The van der Waals surface area contributed by atoms with Gasteiger partial charge in [-0.25, -0.2) is 0 Å². The van der Waals surface area contributed by atoms with E-state index in [-0.39, 0.29) is 23.8 Å². The number of nitrogens with one attached hydrogen (secondary N) is 1. The standard InChI is InChI=1S/C10H22N2O2/c1-10(2,3)6-8(7-11)9(14)12-4-5-13/h8,13H,4-7,11H2,1-3H3,(H,12,14). The second-order valence-corrected chi connectivity index (χ2v) is 4.71. The Bertz CT molecular complexity index is 175. The smallest absolute Gasteiger partial charge is 0.224 e. The van der Waals surface area contributed by atoms with E-state index < -0.39 is 0 Å². The number of aliphatic hydroxyl groups is 1. The third kappa shape index (κ3) is 5.94. The van der Waals surface area contributed by atoms with E-state index in [9.17, 15) is 4.79 Å². The largest absolute Gasteiger partial charge is 0.395 e. The van der Waals surface area contributed by atoms with Gasteiger partial charge in [0.15, 0.2) is 0 Å². The van der Waals surface area contributed by atoms with Crippen LogP contribution in [0.2, 0.25) is 0 Å². The third-order valence-electron chi connectivity index (χ3n) is 1.93. The van der Waals surface area contributed by atoms with Crippen LogP contribution in [0.1, 0.15) is 27.2 Å². The van der Waals surface area contributed by atoms with Crippen LogP contribution in [0, 0.1) is 11.3 Å². The molecule has 0 aromatic carbocycles. The number of carbonyl (C=O) groups is 1. The van der Waals surface area contributed by atoms with Gasteiger partial charge in [0.1, 0.15) is 0 Å². The van der Waals surface area contributed by atoms with Crippen molar-refractivity contribution in [2.24, 2.45) is 17.1 Å². The summed E-state index contributed by atoms with van der Waals surface area (Å²) >= 11 is 0. The molecule has 4 nitrogen and oxygen atoms in total. The van der Waals surface area contributed by atoms with Crippen LogP contribution in [-0.2, 0) is 4.79 Å². The Hall–Kier alpha value is -0.610. The second kappa shape index (κ2) is 5.98. The highest BCUT2D eigenvalue weighted by atomic mass is 16.3. The maximum absolute atomic E-state index is 11.5. The highest BCUT2D eigenvalue weighted by molar-refractivity contribution is 5.78. The van der Waals surface area contributed by atoms with Gasteiger partial charge in [0.2, 0.25) is 5.91 Å². The molecule has 0 aliphatic rings. The van der Waals surface area contributed by atoms with Crippen LogP contribution < -0.4 is 11.1 Å². The van der Waals surface area contributed by atoms with E-state index in [1.54, 1.807) is 0 Å². The lowest BCUT2D eigenvalue weighted by atomic mass is 9.84. The van der Waals surface area contributed by atoms with Gasteiger partial charge >= 0.3 is 0 Å². The van der Waals surface area contributed by atoms with E-state index in [2.05, 4.69) is 26.1 Å². The molecule has 1 amide bonds. The Balaban J connectivity index is 4.06. The molecule has 0 radical (unpaired) electrons. The van der Waals surface area contributed by atoms with Gasteiger partial charge in [0.05, 0.1) is 12.5 Å². The van der Waals surface area contributed by atoms with Crippen LogP contribution in [0.4, 0.5) is 0 Å². The van der Waals surface area contributed by atoms with Crippen LogP contribution >= 0.6 is 0 Å². The molecule has 0 saturated heterocycles. The van der Waals surface area contributed by atoms with E-state index in [0.29, 0.717) is 13.1 Å². The van der Waals surface area contributed by atoms with Gasteiger partial charge in [-0.2, -0.15) is 0 Å². The van der Waals surface area contributed by atoms with Crippen molar-refractivity contribution in [2.75, 3.05) is 19.7 Å². The number of hydrogen-bond acceptors (Lipinski definition) is 3. The summed E-state index contributed by atoms with van der Waals surface area (Å²) in [6, 6.07) is 0. The molecule has 0 aliphatic carbocycles. The summed E-state index contributed by atoms with van der Waals surface area (Å²) in [5, 5.41) is 11.2. The zero-order chi connectivity index (χ0) is 11.2. The SMILES string of the molecule is CC(C)(C)CC(CN)C(=O)NCCO. The molecule has 0 heterocycles. The molecule has 1 unspecified atom stereocenters. The lowest BCUT2D eigenvalue weighted by Crippen LogP contribution is -2.38. The molecule has 0 aromatic heterocycles. The van der Waals surface area contributed by atoms with Crippen LogP contribution in [-0.4, -0.2) is 30.7 Å². The Morgan fingerprint density at radius 1 is 1.50 bits per heavy atom.